The van der Waals surface area contributed by atoms with Crippen LogP contribution in [-0.2, 0) is 0 Å². The topological polar surface area (TPSA) is 9.29 Å². The molecule has 10 rings (SSSR count). The van der Waals surface area contributed by atoms with E-state index >= 15 is 0 Å². The van der Waals surface area contributed by atoms with Gasteiger partial charge in [0.2, 0.25) is 0 Å². The molecule has 10 aromatic rings. The molecule has 0 bridgehead atoms. The van der Waals surface area contributed by atoms with Crippen LogP contribution < -0.4 is 0 Å². The Kier molecular flexibility index (Phi) is 5.38. The van der Waals surface area contributed by atoms with Crippen molar-refractivity contribution in [1.82, 2.24) is 4.57 Å². The van der Waals surface area contributed by atoms with Crippen LogP contribution in [0.5, 0.6) is 0 Å². The first kappa shape index (κ1) is 25.9. The van der Waals surface area contributed by atoms with E-state index in [1.165, 1.54) is 70.7 Å². The molecule has 1 aromatic heterocycles. The average Bonchev–Trinajstić information content (AvgIpc) is 3.46. The zero-order valence-electron chi connectivity index (χ0n) is 25.4. The lowest BCUT2D eigenvalue weighted by atomic mass is 9.88. The fraction of sp³-hybridized carbons (Fsp3) is 0. The van der Waals surface area contributed by atoms with Crippen LogP contribution in [0.15, 0.2) is 158 Å². The average molecular weight is 595 g/mol. The predicted octanol–water partition coefficient (Wildman–Crippen LogP) is 12.7. The van der Waals surface area contributed by atoms with Crippen LogP contribution in [0.25, 0.3) is 97.7 Å². The molecule has 0 atom stereocenters. The maximum atomic E-state index is 7.62. The number of hydrogen-bond donors (Lipinski definition) is 0. The SMILES string of the molecule is [C-]#[N+]c1ccc2c3ccc(-c4cc5ccc6cc(-c7cccc8ccccc78)cc7ccc(c4)c5c67)cc3n(-c3ccccc3)c2c1. The largest absolute Gasteiger partial charge is 0.310 e. The van der Waals surface area contributed by atoms with Crippen molar-refractivity contribution in [1.29, 1.82) is 0 Å². The van der Waals surface area contributed by atoms with Gasteiger partial charge in [0.1, 0.15) is 0 Å². The number of para-hydroxylation sites is 1. The van der Waals surface area contributed by atoms with Gasteiger partial charge in [-0.1, -0.05) is 109 Å². The molecule has 0 amide bonds. The third-order valence-corrected chi connectivity index (χ3v) is 9.86. The van der Waals surface area contributed by atoms with E-state index < -0.39 is 0 Å². The van der Waals surface area contributed by atoms with Gasteiger partial charge >= 0.3 is 0 Å². The van der Waals surface area contributed by atoms with E-state index in [1.54, 1.807) is 0 Å². The molecule has 2 heteroatoms. The van der Waals surface area contributed by atoms with Gasteiger partial charge < -0.3 is 4.57 Å². The number of nitrogens with zero attached hydrogens (tertiary/aromatic N) is 2. The van der Waals surface area contributed by atoms with E-state index in [0.717, 1.165) is 22.1 Å². The summed E-state index contributed by atoms with van der Waals surface area (Å²) in [4.78, 5) is 3.73. The minimum atomic E-state index is 0.647. The van der Waals surface area contributed by atoms with Crippen molar-refractivity contribution < 1.29 is 0 Å². The van der Waals surface area contributed by atoms with Gasteiger partial charge in [0.15, 0.2) is 5.69 Å². The Labute approximate surface area is 271 Å². The van der Waals surface area contributed by atoms with Gasteiger partial charge in [-0.2, -0.15) is 0 Å². The molecule has 0 aliphatic heterocycles. The highest BCUT2D eigenvalue weighted by Gasteiger charge is 2.16. The smallest absolute Gasteiger partial charge is 0.189 e. The van der Waals surface area contributed by atoms with Crippen LogP contribution in [0.3, 0.4) is 0 Å². The summed E-state index contributed by atoms with van der Waals surface area (Å²) < 4.78 is 2.29. The fourth-order valence-electron chi connectivity index (χ4n) is 7.75. The first-order chi connectivity index (χ1) is 23.2. The summed E-state index contributed by atoms with van der Waals surface area (Å²) in [6.07, 6.45) is 0. The van der Waals surface area contributed by atoms with Gasteiger partial charge in [0.05, 0.1) is 12.1 Å². The van der Waals surface area contributed by atoms with Gasteiger partial charge in [0.25, 0.3) is 0 Å². The summed E-state index contributed by atoms with van der Waals surface area (Å²) in [6, 6.07) is 57.0. The lowest BCUT2D eigenvalue weighted by Crippen LogP contribution is -1.93. The number of hydrogen-bond acceptors (Lipinski definition) is 0. The van der Waals surface area contributed by atoms with Crippen molar-refractivity contribution in [2.45, 2.75) is 0 Å². The lowest BCUT2D eigenvalue weighted by Gasteiger charge is -2.15. The molecule has 47 heavy (non-hydrogen) atoms. The van der Waals surface area contributed by atoms with Crippen molar-refractivity contribution in [3.05, 3.63) is 169 Å². The Bertz CT molecular complexity index is 2830. The van der Waals surface area contributed by atoms with Gasteiger partial charge in [-0.25, -0.2) is 4.85 Å². The first-order valence-electron chi connectivity index (χ1n) is 16.0. The van der Waals surface area contributed by atoms with Gasteiger partial charge in [-0.3, -0.25) is 0 Å². The van der Waals surface area contributed by atoms with E-state index in [9.17, 15) is 0 Å². The Morgan fingerprint density at radius 1 is 0.404 bits per heavy atom. The van der Waals surface area contributed by atoms with Crippen LogP contribution in [0.4, 0.5) is 5.69 Å². The standard InChI is InChI=1S/C45H26N2/c1-46-36-19-21-41-40-20-18-29(26-42(40)47(43(41)27-36)37-10-3-2-4-11-37)34-22-30-14-16-32-24-35(25-33-17-15-31(23-34)44(30)45(32)33)39-13-7-9-28-8-5-6-12-38(28)39/h2-27H. The number of benzene rings is 9. The normalized spacial score (nSPS) is 11.8. The lowest BCUT2D eigenvalue weighted by molar-refractivity contribution is 1.18. The Morgan fingerprint density at radius 3 is 1.70 bits per heavy atom. The maximum Gasteiger partial charge on any atom is 0.189 e. The molecule has 0 saturated heterocycles. The summed E-state index contributed by atoms with van der Waals surface area (Å²) >= 11 is 0. The second-order valence-corrected chi connectivity index (χ2v) is 12.5. The molecule has 0 spiro atoms. The van der Waals surface area contributed by atoms with E-state index in [2.05, 4.69) is 149 Å². The maximum absolute atomic E-state index is 7.62. The minimum Gasteiger partial charge on any atom is -0.310 e. The molecule has 1 heterocycles. The molecule has 0 aliphatic rings. The Hall–Kier alpha value is -6.43. The highest BCUT2D eigenvalue weighted by atomic mass is 15.0. The summed E-state index contributed by atoms with van der Waals surface area (Å²) in [5, 5.41) is 12.6. The molecule has 0 saturated carbocycles. The second kappa shape index (κ2) is 9.78. The molecule has 0 unspecified atom stereocenters. The highest BCUT2D eigenvalue weighted by molar-refractivity contribution is 6.25. The molecule has 216 valence electrons. The van der Waals surface area contributed by atoms with Crippen molar-refractivity contribution in [3.63, 3.8) is 0 Å². The second-order valence-electron chi connectivity index (χ2n) is 12.5. The van der Waals surface area contributed by atoms with E-state index in [1.807, 2.05) is 18.2 Å². The molecular weight excluding hydrogens is 569 g/mol. The van der Waals surface area contributed by atoms with Crippen molar-refractivity contribution >= 4 is 70.6 Å². The van der Waals surface area contributed by atoms with Gasteiger partial charge in [0, 0.05) is 22.0 Å². The Morgan fingerprint density at radius 2 is 1.00 bits per heavy atom. The molecule has 0 N–H and O–H groups in total. The fourth-order valence-corrected chi connectivity index (χ4v) is 7.75. The van der Waals surface area contributed by atoms with Crippen LogP contribution in [0.1, 0.15) is 0 Å². The molecule has 2 nitrogen and oxygen atoms in total. The molecule has 9 aromatic carbocycles. The van der Waals surface area contributed by atoms with Crippen molar-refractivity contribution in [2.24, 2.45) is 0 Å². The van der Waals surface area contributed by atoms with Gasteiger partial charge in [-0.15, -0.1) is 0 Å². The van der Waals surface area contributed by atoms with E-state index in [-0.39, 0.29) is 0 Å². The third-order valence-electron chi connectivity index (χ3n) is 9.86. The van der Waals surface area contributed by atoms with Gasteiger partial charge in [-0.05, 0) is 114 Å². The summed E-state index contributed by atoms with van der Waals surface area (Å²) in [7, 11) is 0. The molecule has 0 radical (unpaired) electrons. The van der Waals surface area contributed by atoms with E-state index in [4.69, 9.17) is 6.57 Å². The van der Waals surface area contributed by atoms with Crippen LogP contribution >= 0.6 is 0 Å². The van der Waals surface area contributed by atoms with Crippen LogP contribution in [0, 0.1) is 6.57 Å². The first-order valence-corrected chi connectivity index (χ1v) is 16.0. The molecule has 0 fully saturated rings. The van der Waals surface area contributed by atoms with Crippen LogP contribution in [-0.4, -0.2) is 4.57 Å². The summed E-state index contributed by atoms with van der Waals surface area (Å²) in [6.45, 7) is 7.62. The van der Waals surface area contributed by atoms with E-state index in [0.29, 0.717) is 5.69 Å². The monoisotopic (exact) mass is 594 g/mol. The zero-order chi connectivity index (χ0) is 31.1. The summed E-state index contributed by atoms with van der Waals surface area (Å²) in [5.41, 5.74) is 8.81. The zero-order valence-corrected chi connectivity index (χ0v) is 25.4. The van der Waals surface area contributed by atoms with Crippen molar-refractivity contribution in [2.75, 3.05) is 0 Å². The Balaban J connectivity index is 1.17. The quantitative estimate of drug-likeness (QED) is 0.142. The van der Waals surface area contributed by atoms with Crippen molar-refractivity contribution in [3.8, 4) is 27.9 Å². The number of fused-ring (bicyclic) bond motifs is 4. The third kappa shape index (κ3) is 3.84. The highest BCUT2D eigenvalue weighted by Crippen LogP contribution is 2.42. The molecular formula is C45H26N2. The van der Waals surface area contributed by atoms with Crippen LogP contribution in [0.2, 0.25) is 0 Å². The summed E-state index contributed by atoms with van der Waals surface area (Å²) in [5.74, 6) is 0. The minimum absolute atomic E-state index is 0.647. The predicted molar refractivity (Wildman–Crippen MR) is 199 cm³/mol. The molecule has 0 aliphatic carbocycles. The number of rotatable bonds is 3. The number of aromatic nitrogens is 1.